The van der Waals surface area contributed by atoms with Gasteiger partial charge in [-0.1, -0.05) is 23.7 Å². The summed E-state index contributed by atoms with van der Waals surface area (Å²) in [6, 6.07) is 8.26. The summed E-state index contributed by atoms with van der Waals surface area (Å²) in [6.45, 7) is 2.67. The van der Waals surface area contributed by atoms with Crippen LogP contribution in [0.15, 0.2) is 52.5 Å². The first-order valence-electron chi connectivity index (χ1n) is 9.11. The van der Waals surface area contributed by atoms with Crippen LogP contribution < -0.4 is 4.90 Å². The molecule has 5 nitrogen and oxygen atoms in total. The maximum atomic E-state index is 12.7. The van der Waals surface area contributed by atoms with Gasteiger partial charge in [0.15, 0.2) is 5.17 Å². The Morgan fingerprint density at radius 2 is 1.70 bits per heavy atom. The Morgan fingerprint density at radius 3 is 2.33 bits per heavy atom. The number of amidine groups is 1. The normalized spacial score (nSPS) is 18.9. The van der Waals surface area contributed by atoms with Crippen LogP contribution in [0.3, 0.4) is 0 Å². The smallest absolute Gasteiger partial charge is 0.352 e. The third-order valence-corrected chi connectivity index (χ3v) is 6.07. The molecule has 2 aliphatic rings. The van der Waals surface area contributed by atoms with Gasteiger partial charge in [0.1, 0.15) is 5.82 Å². The number of anilines is 1. The number of halogens is 4. The van der Waals surface area contributed by atoms with E-state index in [0.717, 1.165) is 18.0 Å². The summed E-state index contributed by atoms with van der Waals surface area (Å²) in [7, 11) is 0. The summed E-state index contributed by atoms with van der Waals surface area (Å²) in [5.41, 5.74) is -0.206. The van der Waals surface area contributed by atoms with Crippen LogP contribution in [0.25, 0.3) is 6.08 Å². The van der Waals surface area contributed by atoms with Gasteiger partial charge in [-0.15, -0.1) is 0 Å². The minimum Gasteiger partial charge on any atom is -0.352 e. The summed E-state index contributed by atoms with van der Waals surface area (Å²) in [4.78, 5) is 25.2. The molecule has 10 heteroatoms. The van der Waals surface area contributed by atoms with E-state index in [-0.39, 0.29) is 5.91 Å². The molecule has 0 atom stereocenters. The van der Waals surface area contributed by atoms with E-state index in [2.05, 4.69) is 14.9 Å². The second kappa shape index (κ2) is 8.31. The lowest BCUT2D eigenvalue weighted by molar-refractivity contribution is -0.137. The van der Waals surface area contributed by atoms with Crippen LogP contribution in [-0.4, -0.2) is 47.1 Å². The topological polar surface area (TPSA) is 48.8 Å². The second-order valence-electron chi connectivity index (χ2n) is 6.71. The van der Waals surface area contributed by atoms with Gasteiger partial charge in [0, 0.05) is 32.4 Å². The van der Waals surface area contributed by atoms with Crippen molar-refractivity contribution in [3.05, 3.63) is 63.6 Å². The van der Waals surface area contributed by atoms with Gasteiger partial charge in [-0.05, 0) is 47.7 Å². The van der Waals surface area contributed by atoms with Gasteiger partial charge < -0.3 is 9.80 Å². The van der Waals surface area contributed by atoms with E-state index in [4.69, 9.17) is 11.6 Å². The summed E-state index contributed by atoms with van der Waals surface area (Å²) in [5.74, 6) is 0.351. The van der Waals surface area contributed by atoms with E-state index >= 15 is 0 Å². The lowest BCUT2D eigenvalue weighted by atomic mass is 10.1. The number of aliphatic imine (C=N–C) groups is 1. The summed E-state index contributed by atoms with van der Waals surface area (Å²) in [5, 5.41) is 1.19. The zero-order valence-electron chi connectivity index (χ0n) is 15.6. The number of benzene rings is 1. The molecule has 0 saturated carbocycles. The zero-order valence-corrected chi connectivity index (χ0v) is 17.1. The van der Waals surface area contributed by atoms with Crippen LogP contribution in [0.5, 0.6) is 0 Å². The van der Waals surface area contributed by atoms with E-state index < -0.39 is 11.7 Å². The maximum absolute atomic E-state index is 12.7. The number of aromatic nitrogens is 1. The molecule has 1 aromatic heterocycles. The first-order valence-corrected chi connectivity index (χ1v) is 10.3. The van der Waals surface area contributed by atoms with Crippen LogP contribution >= 0.6 is 23.4 Å². The molecule has 1 fully saturated rings. The average molecular weight is 453 g/mol. The van der Waals surface area contributed by atoms with Crippen molar-refractivity contribution in [1.82, 2.24) is 9.88 Å². The van der Waals surface area contributed by atoms with Crippen LogP contribution in [-0.2, 0) is 11.0 Å². The molecule has 3 heterocycles. The standard InChI is InChI=1S/C20H16ClF3N4OS/c21-15-2-1-7-25-17(15)27-8-10-28(11-9-27)19-26-18(29)16(30-19)12-13-3-5-14(6-4-13)20(22,23)24/h1-7,12H,8-11H2/b16-12+. The van der Waals surface area contributed by atoms with Crippen molar-refractivity contribution >= 4 is 46.3 Å². The molecule has 1 saturated heterocycles. The highest BCUT2D eigenvalue weighted by Crippen LogP contribution is 2.33. The van der Waals surface area contributed by atoms with E-state index in [0.29, 0.717) is 46.8 Å². The molecular formula is C20H16ClF3N4OS. The number of piperazine rings is 1. The highest BCUT2D eigenvalue weighted by Gasteiger charge is 2.31. The molecule has 4 rings (SSSR count). The molecule has 0 bridgehead atoms. The van der Waals surface area contributed by atoms with Crippen molar-refractivity contribution in [3.63, 3.8) is 0 Å². The van der Waals surface area contributed by atoms with Gasteiger partial charge in [-0.3, -0.25) is 4.79 Å². The number of carbonyl (C=O) groups excluding carboxylic acids is 1. The highest BCUT2D eigenvalue weighted by molar-refractivity contribution is 8.18. The third kappa shape index (κ3) is 4.46. The number of hydrogen-bond donors (Lipinski definition) is 0. The first kappa shape index (κ1) is 20.7. The SMILES string of the molecule is O=C1N=C(N2CCN(c3ncccc3Cl)CC2)S/C1=C/c1ccc(C(F)(F)F)cc1. The minimum absolute atomic E-state index is 0.384. The van der Waals surface area contributed by atoms with E-state index in [1.165, 1.54) is 23.9 Å². The fourth-order valence-electron chi connectivity index (χ4n) is 3.17. The number of alkyl halides is 3. The minimum atomic E-state index is -4.39. The predicted octanol–water partition coefficient (Wildman–Crippen LogP) is 4.55. The number of nitrogens with zero attached hydrogens (tertiary/aromatic N) is 4. The van der Waals surface area contributed by atoms with Crippen LogP contribution in [0.4, 0.5) is 19.0 Å². The molecule has 0 radical (unpaired) electrons. The summed E-state index contributed by atoms with van der Waals surface area (Å²) < 4.78 is 38.1. The molecule has 1 amide bonds. The van der Waals surface area contributed by atoms with Crippen molar-refractivity contribution in [2.75, 3.05) is 31.1 Å². The molecule has 0 unspecified atom stereocenters. The maximum Gasteiger partial charge on any atom is 0.416 e. The lowest BCUT2D eigenvalue weighted by Crippen LogP contribution is -2.48. The Labute approximate surface area is 180 Å². The lowest BCUT2D eigenvalue weighted by Gasteiger charge is -2.36. The Morgan fingerprint density at radius 1 is 1.03 bits per heavy atom. The highest BCUT2D eigenvalue weighted by atomic mass is 35.5. The predicted molar refractivity (Wildman–Crippen MR) is 112 cm³/mol. The second-order valence-corrected chi connectivity index (χ2v) is 8.13. The van der Waals surface area contributed by atoms with Crippen LogP contribution in [0, 0.1) is 0 Å². The van der Waals surface area contributed by atoms with Gasteiger partial charge in [0.05, 0.1) is 15.5 Å². The monoisotopic (exact) mass is 452 g/mol. The number of amides is 1. The summed E-state index contributed by atoms with van der Waals surface area (Å²) in [6.07, 6.45) is -1.13. The van der Waals surface area contributed by atoms with Crippen LogP contribution in [0.1, 0.15) is 11.1 Å². The first-order chi connectivity index (χ1) is 14.3. The molecule has 0 aliphatic carbocycles. The number of pyridine rings is 1. The van der Waals surface area contributed by atoms with Crippen molar-refractivity contribution in [1.29, 1.82) is 0 Å². The van der Waals surface area contributed by atoms with E-state index in [1.807, 2.05) is 4.90 Å². The fraction of sp³-hybridized carbons (Fsp3) is 0.250. The zero-order chi connectivity index (χ0) is 21.3. The fourth-order valence-corrected chi connectivity index (χ4v) is 4.38. The van der Waals surface area contributed by atoms with E-state index in [9.17, 15) is 18.0 Å². The average Bonchev–Trinajstić information content (AvgIpc) is 3.09. The molecule has 30 heavy (non-hydrogen) atoms. The molecule has 0 N–H and O–H groups in total. The third-order valence-electron chi connectivity index (χ3n) is 4.73. The molecule has 1 aromatic carbocycles. The van der Waals surface area contributed by atoms with Crippen LogP contribution in [0.2, 0.25) is 5.02 Å². The van der Waals surface area contributed by atoms with Gasteiger partial charge in [0.25, 0.3) is 5.91 Å². The van der Waals surface area contributed by atoms with Gasteiger partial charge in [0.2, 0.25) is 0 Å². The number of hydrogen-bond acceptors (Lipinski definition) is 5. The molecule has 0 spiro atoms. The largest absolute Gasteiger partial charge is 0.416 e. The Balaban J connectivity index is 1.40. The van der Waals surface area contributed by atoms with Gasteiger partial charge in [-0.2, -0.15) is 18.2 Å². The Kier molecular flexibility index (Phi) is 5.75. The molecule has 156 valence electrons. The Hall–Kier alpha value is -2.52. The van der Waals surface area contributed by atoms with Crippen molar-refractivity contribution in [3.8, 4) is 0 Å². The van der Waals surface area contributed by atoms with Crippen molar-refractivity contribution in [2.45, 2.75) is 6.18 Å². The van der Waals surface area contributed by atoms with E-state index in [1.54, 1.807) is 24.4 Å². The Bertz CT molecular complexity index is 1020. The number of rotatable bonds is 2. The van der Waals surface area contributed by atoms with Crippen molar-refractivity contribution in [2.24, 2.45) is 4.99 Å². The molecule has 2 aromatic rings. The molecule has 2 aliphatic heterocycles. The van der Waals surface area contributed by atoms with Crippen molar-refractivity contribution < 1.29 is 18.0 Å². The summed E-state index contributed by atoms with van der Waals surface area (Å²) >= 11 is 7.45. The van der Waals surface area contributed by atoms with Gasteiger partial charge in [-0.25, -0.2) is 4.98 Å². The number of thioether (sulfide) groups is 1. The number of carbonyl (C=O) groups is 1. The molecular weight excluding hydrogens is 437 g/mol. The quantitative estimate of drug-likeness (QED) is 0.626. The van der Waals surface area contributed by atoms with Gasteiger partial charge >= 0.3 is 6.18 Å².